The van der Waals surface area contributed by atoms with Crippen LogP contribution < -0.4 is 16.0 Å². The van der Waals surface area contributed by atoms with Gasteiger partial charge in [-0.2, -0.15) is 4.68 Å². The minimum atomic E-state index is -1.11. The average Bonchev–Trinajstić information content (AvgIpc) is 3.56. The lowest BCUT2D eigenvalue weighted by Crippen LogP contribution is -2.44. The molecule has 244 valence electrons. The number of aromatic nitrogens is 4. The molecule has 4 aromatic rings. The second-order valence-electron chi connectivity index (χ2n) is 11.0. The highest BCUT2D eigenvalue weighted by molar-refractivity contribution is 6.31. The van der Waals surface area contributed by atoms with E-state index in [1.165, 1.54) is 60.6 Å². The number of carbonyl (C=O) groups excluding carboxylic acids is 4. The van der Waals surface area contributed by atoms with Crippen molar-refractivity contribution in [1.29, 1.82) is 0 Å². The zero-order valence-electron chi connectivity index (χ0n) is 25.8. The fourth-order valence-electron chi connectivity index (χ4n) is 4.16. The quantitative estimate of drug-likeness (QED) is 0.157. The Morgan fingerprint density at radius 3 is 2.26 bits per heavy atom. The van der Waals surface area contributed by atoms with Crippen LogP contribution in [0.25, 0.3) is 11.8 Å². The number of methoxy groups -OCH3 is 1. The molecule has 47 heavy (non-hydrogen) atoms. The van der Waals surface area contributed by atoms with E-state index in [9.17, 15) is 23.6 Å². The molecule has 3 amide bonds. The highest BCUT2D eigenvalue weighted by Gasteiger charge is 2.22. The molecule has 0 aliphatic heterocycles. The van der Waals surface area contributed by atoms with E-state index in [1.54, 1.807) is 45.0 Å². The molecule has 3 N–H and O–H groups in total. The predicted molar refractivity (Wildman–Crippen MR) is 172 cm³/mol. The average molecular weight is 664 g/mol. The van der Waals surface area contributed by atoms with Gasteiger partial charge in [-0.1, -0.05) is 23.7 Å². The van der Waals surface area contributed by atoms with Crippen molar-refractivity contribution in [2.24, 2.45) is 0 Å². The van der Waals surface area contributed by atoms with Gasteiger partial charge in [0.05, 0.1) is 23.4 Å². The summed E-state index contributed by atoms with van der Waals surface area (Å²) in [5.41, 5.74) is 1.26. The molecule has 0 spiro atoms. The van der Waals surface area contributed by atoms with Gasteiger partial charge in [0.2, 0.25) is 11.8 Å². The molecule has 13 nitrogen and oxygen atoms in total. The number of carbonyl (C=O) groups is 4. The number of esters is 1. The molecule has 1 atom stereocenters. The number of hydrogen-bond acceptors (Lipinski definition) is 9. The standard InChI is InChI=1S/C32H31ClFN7O6/c1-32(2,3)47-30(44)20-7-11-21(12-8-20)36-29(43)25(17-19-5-9-22(10-6-19)37-31(45)46-4)38-27(42)16-13-23-26(41-18-35-39-40-41)15-14-24(33)28(23)34/h5-16,18,25H,17H2,1-4H3,(H,36,43)(H,37,45)(H,38,42)/b16-13+. The third kappa shape index (κ3) is 9.68. The minimum Gasteiger partial charge on any atom is -0.456 e. The Morgan fingerprint density at radius 2 is 1.64 bits per heavy atom. The first kappa shape index (κ1) is 34.2. The van der Waals surface area contributed by atoms with Gasteiger partial charge in [0.25, 0.3) is 0 Å². The van der Waals surface area contributed by atoms with Crippen LogP contribution >= 0.6 is 11.6 Å². The van der Waals surface area contributed by atoms with Gasteiger partial charge in [0, 0.05) is 29.4 Å². The number of tetrazole rings is 1. The Bertz CT molecular complexity index is 1770. The molecule has 0 bridgehead atoms. The van der Waals surface area contributed by atoms with Gasteiger partial charge in [-0.25, -0.2) is 14.0 Å². The number of nitrogens with zero attached hydrogens (tertiary/aromatic N) is 4. The van der Waals surface area contributed by atoms with Crippen LogP contribution in [0.5, 0.6) is 0 Å². The molecule has 0 saturated heterocycles. The van der Waals surface area contributed by atoms with Gasteiger partial charge in [0.15, 0.2) is 5.82 Å². The van der Waals surface area contributed by atoms with Gasteiger partial charge < -0.3 is 20.1 Å². The third-order valence-corrected chi connectivity index (χ3v) is 6.64. The summed E-state index contributed by atoms with van der Waals surface area (Å²) in [5, 5.41) is 18.6. The van der Waals surface area contributed by atoms with Crippen LogP contribution in [0.1, 0.15) is 42.3 Å². The second-order valence-corrected chi connectivity index (χ2v) is 11.4. The number of anilines is 2. The summed E-state index contributed by atoms with van der Waals surface area (Å²) in [6.07, 6.45) is 2.91. The predicted octanol–water partition coefficient (Wildman–Crippen LogP) is 4.97. The fraction of sp³-hybridized carbons (Fsp3) is 0.219. The molecule has 0 fully saturated rings. The number of rotatable bonds is 10. The van der Waals surface area contributed by atoms with Gasteiger partial charge in [-0.3, -0.25) is 14.9 Å². The lowest BCUT2D eigenvalue weighted by molar-refractivity contribution is -0.123. The Hall–Kier alpha value is -5.63. The van der Waals surface area contributed by atoms with Crippen molar-refractivity contribution in [1.82, 2.24) is 25.5 Å². The third-order valence-electron chi connectivity index (χ3n) is 6.35. The van der Waals surface area contributed by atoms with Crippen molar-refractivity contribution in [2.75, 3.05) is 17.7 Å². The van der Waals surface area contributed by atoms with Crippen molar-refractivity contribution in [2.45, 2.75) is 38.8 Å². The molecular formula is C32H31ClFN7O6. The van der Waals surface area contributed by atoms with Gasteiger partial charge in [0.1, 0.15) is 18.0 Å². The van der Waals surface area contributed by atoms with E-state index in [0.717, 1.165) is 6.08 Å². The van der Waals surface area contributed by atoms with Crippen LogP contribution in [-0.4, -0.2) is 62.8 Å². The van der Waals surface area contributed by atoms with Crippen LogP contribution in [0, 0.1) is 5.82 Å². The monoisotopic (exact) mass is 663 g/mol. The first-order valence-corrected chi connectivity index (χ1v) is 14.5. The summed E-state index contributed by atoms with van der Waals surface area (Å²) >= 11 is 5.98. The maximum atomic E-state index is 15.0. The molecule has 0 aliphatic carbocycles. The SMILES string of the molecule is COC(=O)Nc1ccc(CC(NC(=O)/C=C/c2c(-n3cnnn3)ccc(Cl)c2F)C(=O)Nc2ccc(C(=O)OC(C)(C)C)cc2)cc1. The van der Waals surface area contributed by atoms with E-state index in [0.29, 0.717) is 22.5 Å². The van der Waals surface area contributed by atoms with Gasteiger partial charge in [-0.05, 0) is 91.4 Å². The van der Waals surface area contributed by atoms with Crippen molar-refractivity contribution < 1.29 is 33.0 Å². The van der Waals surface area contributed by atoms with Crippen LogP contribution in [0.2, 0.25) is 5.02 Å². The molecule has 3 aromatic carbocycles. The molecule has 15 heteroatoms. The zero-order chi connectivity index (χ0) is 34.1. The molecule has 1 unspecified atom stereocenters. The topological polar surface area (TPSA) is 166 Å². The Morgan fingerprint density at radius 1 is 0.979 bits per heavy atom. The highest BCUT2D eigenvalue weighted by atomic mass is 35.5. The molecule has 0 radical (unpaired) electrons. The summed E-state index contributed by atoms with van der Waals surface area (Å²) in [7, 11) is 1.24. The molecule has 0 saturated carbocycles. The molecule has 4 rings (SSSR count). The lowest BCUT2D eigenvalue weighted by atomic mass is 10.0. The maximum Gasteiger partial charge on any atom is 0.411 e. The van der Waals surface area contributed by atoms with Crippen LogP contribution in [0.15, 0.2) is 73.1 Å². The van der Waals surface area contributed by atoms with Crippen molar-refractivity contribution >= 4 is 52.9 Å². The fourth-order valence-corrected chi connectivity index (χ4v) is 4.32. The molecule has 1 aromatic heterocycles. The normalized spacial score (nSPS) is 11.9. The summed E-state index contributed by atoms with van der Waals surface area (Å²) in [5.74, 6) is -2.60. The number of benzene rings is 3. The van der Waals surface area contributed by atoms with E-state index in [4.69, 9.17) is 16.3 Å². The van der Waals surface area contributed by atoms with Gasteiger partial charge in [-0.15, -0.1) is 5.10 Å². The number of nitrogens with one attached hydrogen (secondary N) is 3. The molecule has 0 aliphatic rings. The number of ether oxygens (including phenoxy) is 2. The van der Waals surface area contributed by atoms with E-state index in [-0.39, 0.29) is 22.7 Å². The Kier molecular flexibility index (Phi) is 11.0. The second kappa shape index (κ2) is 15.1. The highest BCUT2D eigenvalue weighted by Crippen LogP contribution is 2.25. The Balaban J connectivity index is 1.54. The van der Waals surface area contributed by atoms with E-state index in [1.807, 2.05) is 0 Å². The van der Waals surface area contributed by atoms with E-state index >= 15 is 0 Å². The summed E-state index contributed by atoms with van der Waals surface area (Å²) in [4.78, 5) is 50.5. The van der Waals surface area contributed by atoms with Crippen LogP contribution in [0.3, 0.4) is 0 Å². The summed E-state index contributed by atoms with van der Waals surface area (Å²) in [6.45, 7) is 5.27. The maximum absolute atomic E-state index is 15.0. The van der Waals surface area contributed by atoms with Crippen LogP contribution in [0.4, 0.5) is 20.6 Å². The van der Waals surface area contributed by atoms with Crippen molar-refractivity contribution in [3.8, 4) is 5.69 Å². The number of amides is 3. The molecular weight excluding hydrogens is 633 g/mol. The summed E-state index contributed by atoms with van der Waals surface area (Å²) in [6, 6.07) is 14.4. The van der Waals surface area contributed by atoms with E-state index < -0.39 is 41.3 Å². The van der Waals surface area contributed by atoms with E-state index in [2.05, 4.69) is 36.2 Å². The van der Waals surface area contributed by atoms with Crippen molar-refractivity contribution in [3.05, 3.63) is 101 Å². The number of hydrogen-bond donors (Lipinski definition) is 3. The van der Waals surface area contributed by atoms with Crippen molar-refractivity contribution in [3.63, 3.8) is 0 Å². The van der Waals surface area contributed by atoms with Crippen LogP contribution in [-0.2, 0) is 25.5 Å². The van der Waals surface area contributed by atoms with Gasteiger partial charge >= 0.3 is 12.1 Å². The zero-order valence-corrected chi connectivity index (χ0v) is 26.5. The lowest BCUT2D eigenvalue weighted by Gasteiger charge is -2.20. The summed E-state index contributed by atoms with van der Waals surface area (Å²) < 4.78 is 26.2. The smallest absolute Gasteiger partial charge is 0.411 e. The first-order valence-electron chi connectivity index (χ1n) is 14.1. The largest absolute Gasteiger partial charge is 0.456 e. The Labute approximate surface area is 274 Å². The minimum absolute atomic E-state index is 0.0430. The molecule has 1 heterocycles. The first-order chi connectivity index (χ1) is 22.3. The number of halogens is 2.